The molecule has 30 heavy (non-hydrogen) atoms. The average molecular weight is 440 g/mol. The number of aryl methyl sites for hydroxylation is 2. The van der Waals surface area contributed by atoms with Crippen molar-refractivity contribution in [2.75, 3.05) is 6.61 Å². The predicted molar refractivity (Wildman–Crippen MR) is 116 cm³/mol. The van der Waals surface area contributed by atoms with E-state index in [1.807, 2.05) is 20.8 Å². The van der Waals surface area contributed by atoms with Gasteiger partial charge in [-0.2, -0.15) is 0 Å². The number of ether oxygens (including phenoxy) is 1. The first-order chi connectivity index (χ1) is 13.9. The summed E-state index contributed by atoms with van der Waals surface area (Å²) < 4.78 is 51.0. The minimum atomic E-state index is -1.03. The molecule has 0 unspecified atom stereocenters. The van der Waals surface area contributed by atoms with E-state index in [9.17, 15) is 18.0 Å². The fourth-order valence-electron chi connectivity index (χ4n) is 3.22. The van der Waals surface area contributed by atoms with Gasteiger partial charge in [-0.25, -0.2) is 13.2 Å². The van der Waals surface area contributed by atoms with Crippen molar-refractivity contribution < 1.29 is 22.7 Å². The van der Waals surface area contributed by atoms with E-state index in [1.165, 1.54) is 30.1 Å². The lowest BCUT2D eigenvalue weighted by molar-refractivity contribution is -0.143. The quantitative estimate of drug-likeness (QED) is 0.399. The number of benzene rings is 2. The van der Waals surface area contributed by atoms with Crippen LogP contribution in [0.15, 0.2) is 24.3 Å². The number of carbonyl (C=O) groups excluding carboxylic acids is 1. The molecule has 2 aromatic rings. The number of nitrogens with one attached hydrogen (secondary N) is 1. The lowest BCUT2D eigenvalue weighted by Gasteiger charge is -2.25. The molecule has 1 N–H and O–H groups in total. The third-order valence-electron chi connectivity index (χ3n) is 4.40. The van der Waals surface area contributed by atoms with Crippen molar-refractivity contribution in [3.63, 3.8) is 0 Å². The predicted octanol–water partition coefficient (Wildman–Crippen LogP) is 6.42. The Balaban J connectivity index is 2.56. The summed E-state index contributed by atoms with van der Waals surface area (Å²) in [6.45, 7) is 11.2. The first kappa shape index (κ1) is 24.3. The molecule has 0 saturated heterocycles. The molecule has 0 aliphatic heterocycles. The van der Waals surface area contributed by atoms with Gasteiger partial charge in [0.15, 0.2) is 11.6 Å². The molecule has 0 radical (unpaired) electrons. The van der Waals surface area contributed by atoms with Gasteiger partial charge >= 0.3 is 5.97 Å². The normalized spacial score (nSPS) is 12.7. The van der Waals surface area contributed by atoms with Gasteiger partial charge in [0.2, 0.25) is 0 Å². The Morgan fingerprint density at radius 3 is 2.23 bits per heavy atom. The third kappa shape index (κ3) is 6.25. The van der Waals surface area contributed by atoms with E-state index in [1.54, 1.807) is 20.8 Å². The van der Waals surface area contributed by atoms with Gasteiger partial charge in [-0.15, -0.1) is 0 Å². The van der Waals surface area contributed by atoms with Crippen molar-refractivity contribution in [1.82, 2.24) is 4.72 Å². The molecule has 1 atom stereocenters. The molecule has 0 saturated carbocycles. The lowest BCUT2D eigenvalue weighted by atomic mass is 9.92. The van der Waals surface area contributed by atoms with Crippen LogP contribution < -0.4 is 4.72 Å². The van der Waals surface area contributed by atoms with Gasteiger partial charge in [0.1, 0.15) is 5.82 Å². The fourth-order valence-corrected chi connectivity index (χ4v) is 3.93. The van der Waals surface area contributed by atoms with Crippen molar-refractivity contribution in [1.29, 1.82) is 0 Å². The van der Waals surface area contributed by atoms with Crippen molar-refractivity contribution in [2.45, 2.75) is 58.8 Å². The van der Waals surface area contributed by atoms with Gasteiger partial charge in [-0.1, -0.05) is 11.9 Å². The van der Waals surface area contributed by atoms with E-state index in [4.69, 9.17) is 4.74 Å². The zero-order chi connectivity index (χ0) is 22.6. The average Bonchev–Trinajstić information content (AvgIpc) is 2.60. The largest absolute Gasteiger partial charge is 0.466 e. The van der Waals surface area contributed by atoms with E-state index in [-0.39, 0.29) is 29.2 Å². The van der Waals surface area contributed by atoms with E-state index in [2.05, 4.69) is 4.72 Å². The highest BCUT2D eigenvalue weighted by Crippen LogP contribution is 2.35. The number of esters is 1. The maximum atomic E-state index is 14.8. The highest BCUT2D eigenvalue weighted by atomic mass is 32.2. The first-order valence-electron chi connectivity index (χ1n) is 9.78. The monoisotopic (exact) mass is 439 g/mol. The van der Waals surface area contributed by atoms with Gasteiger partial charge in [-0.05, 0) is 88.1 Å². The smallest absolute Gasteiger partial charge is 0.307 e. The SMILES string of the molecule is CCOC(=O)C[C@H](NSC(C)(C)C)c1cc(-c2c(C)cc(F)cc2C)cc(F)c1F. The highest BCUT2D eigenvalue weighted by molar-refractivity contribution is 7.98. The molecule has 0 heterocycles. The zero-order valence-corrected chi connectivity index (χ0v) is 19.0. The van der Waals surface area contributed by atoms with Crippen LogP contribution in [-0.4, -0.2) is 17.3 Å². The van der Waals surface area contributed by atoms with Gasteiger partial charge in [-0.3, -0.25) is 9.52 Å². The van der Waals surface area contributed by atoms with Crippen LogP contribution in [0.25, 0.3) is 11.1 Å². The summed E-state index contributed by atoms with van der Waals surface area (Å²) in [6.07, 6.45) is -0.155. The molecule has 2 aromatic carbocycles. The summed E-state index contributed by atoms with van der Waals surface area (Å²) in [6, 6.07) is 4.53. The van der Waals surface area contributed by atoms with Crippen molar-refractivity contribution in [3.05, 3.63) is 58.4 Å². The van der Waals surface area contributed by atoms with Crippen LogP contribution in [0.3, 0.4) is 0 Å². The van der Waals surface area contributed by atoms with Gasteiger partial charge in [0, 0.05) is 10.3 Å². The molecule has 0 amide bonds. The number of hydrogen-bond acceptors (Lipinski definition) is 4. The molecule has 0 bridgehead atoms. The lowest BCUT2D eigenvalue weighted by Crippen LogP contribution is -2.25. The second kappa shape index (κ2) is 9.88. The topological polar surface area (TPSA) is 38.3 Å². The summed E-state index contributed by atoms with van der Waals surface area (Å²) >= 11 is 1.32. The Labute approximate surface area is 180 Å². The summed E-state index contributed by atoms with van der Waals surface area (Å²) in [7, 11) is 0. The first-order valence-corrected chi connectivity index (χ1v) is 10.6. The number of carbonyl (C=O) groups is 1. The van der Waals surface area contributed by atoms with Crippen LogP contribution >= 0.6 is 11.9 Å². The zero-order valence-electron chi connectivity index (χ0n) is 18.2. The van der Waals surface area contributed by atoms with Crippen LogP contribution in [0.5, 0.6) is 0 Å². The Bertz CT molecular complexity index is 902. The van der Waals surface area contributed by atoms with Crippen molar-refractivity contribution >= 4 is 17.9 Å². The van der Waals surface area contributed by atoms with Crippen LogP contribution in [0.2, 0.25) is 0 Å². The Morgan fingerprint density at radius 2 is 1.70 bits per heavy atom. The molecular weight excluding hydrogens is 411 g/mol. The summed E-state index contributed by atoms with van der Waals surface area (Å²) in [5.74, 6) is -2.95. The second-order valence-electron chi connectivity index (χ2n) is 8.17. The molecule has 0 fully saturated rings. The van der Waals surface area contributed by atoms with Crippen LogP contribution in [-0.2, 0) is 9.53 Å². The minimum Gasteiger partial charge on any atom is -0.466 e. The fraction of sp³-hybridized carbons (Fsp3) is 0.435. The van der Waals surface area contributed by atoms with E-state index in [0.717, 1.165) is 6.07 Å². The number of hydrogen-bond donors (Lipinski definition) is 1. The molecule has 0 aliphatic rings. The summed E-state index contributed by atoms with van der Waals surface area (Å²) in [5.41, 5.74) is 2.31. The minimum absolute atomic E-state index is 0.0259. The molecule has 164 valence electrons. The molecule has 0 aromatic heterocycles. The highest BCUT2D eigenvalue weighted by Gasteiger charge is 2.26. The Morgan fingerprint density at radius 1 is 1.10 bits per heavy atom. The number of rotatable bonds is 7. The maximum absolute atomic E-state index is 14.8. The van der Waals surface area contributed by atoms with Crippen LogP contribution in [0.1, 0.15) is 56.8 Å². The molecule has 0 spiro atoms. The third-order valence-corrected chi connectivity index (χ3v) is 5.42. The summed E-state index contributed by atoms with van der Waals surface area (Å²) in [5, 5.41) is 0. The maximum Gasteiger partial charge on any atom is 0.307 e. The standard InChI is InChI=1S/C23H28F3NO2S/c1-7-29-20(28)12-19(27-30-23(4,5)6)17-10-15(11-18(25)22(17)26)21-13(2)8-16(24)9-14(21)3/h8-11,19,27H,7,12H2,1-6H3/t19-/m0/s1. The molecular formula is C23H28F3NO2S. The molecule has 2 rings (SSSR count). The Kier molecular flexibility index (Phi) is 7.99. The molecule has 0 aliphatic carbocycles. The van der Waals surface area contributed by atoms with E-state index < -0.39 is 23.6 Å². The van der Waals surface area contributed by atoms with Crippen molar-refractivity contribution in [2.24, 2.45) is 0 Å². The molecule has 7 heteroatoms. The second-order valence-corrected chi connectivity index (χ2v) is 9.83. The molecule has 3 nitrogen and oxygen atoms in total. The van der Waals surface area contributed by atoms with E-state index in [0.29, 0.717) is 22.3 Å². The van der Waals surface area contributed by atoms with E-state index >= 15 is 0 Å². The number of halogens is 3. The Hall–Kier alpha value is -1.99. The van der Waals surface area contributed by atoms with Gasteiger partial charge in [0.25, 0.3) is 0 Å². The van der Waals surface area contributed by atoms with Gasteiger partial charge in [0.05, 0.1) is 19.1 Å². The summed E-state index contributed by atoms with van der Waals surface area (Å²) in [4.78, 5) is 12.1. The van der Waals surface area contributed by atoms with Gasteiger partial charge < -0.3 is 4.74 Å². The van der Waals surface area contributed by atoms with Crippen molar-refractivity contribution in [3.8, 4) is 11.1 Å². The van der Waals surface area contributed by atoms with Crippen LogP contribution in [0, 0.1) is 31.3 Å². The van der Waals surface area contributed by atoms with Crippen LogP contribution in [0.4, 0.5) is 13.2 Å².